The standard InChI is InChI=1S/C19H26F3N3.HI/c1-23-18(25-16-9-5-8-15(11-16)19(20,21)22)24-12-14-10-17(14)13-6-3-2-4-7-13;/h2-4,6-7,14-17H,5,8-12H2,1H3,(H2,23,24,25);1H. The summed E-state index contributed by atoms with van der Waals surface area (Å²) in [7, 11) is 1.67. The normalized spacial score (nSPS) is 28.8. The number of guanidine groups is 1. The minimum atomic E-state index is -4.09. The van der Waals surface area contributed by atoms with Gasteiger partial charge in [0.25, 0.3) is 0 Å². The predicted molar refractivity (Wildman–Crippen MR) is 109 cm³/mol. The molecule has 0 amide bonds. The van der Waals surface area contributed by atoms with E-state index in [1.807, 2.05) is 6.07 Å². The van der Waals surface area contributed by atoms with Gasteiger partial charge in [-0.2, -0.15) is 13.2 Å². The third-order valence-corrected chi connectivity index (χ3v) is 5.38. The molecule has 0 radical (unpaired) electrons. The number of nitrogens with one attached hydrogen (secondary N) is 2. The molecule has 3 rings (SSSR count). The molecule has 146 valence electrons. The highest BCUT2D eigenvalue weighted by Crippen LogP contribution is 2.46. The average molecular weight is 481 g/mol. The van der Waals surface area contributed by atoms with E-state index in [1.54, 1.807) is 7.05 Å². The van der Waals surface area contributed by atoms with Gasteiger partial charge in [-0.1, -0.05) is 36.8 Å². The quantitative estimate of drug-likeness (QED) is 0.372. The third-order valence-electron chi connectivity index (χ3n) is 5.38. The first-order valence-corrected chi connectivity index (χ1v) is 9.06. The van der Waals surface area contributed by atoms with Crippen LogP contribution in [0.3, 0.4) is 0 Å². The van der Waals surface area contributed by atoms with Crippen molar-refractivity contribution in [2.24, 2.45) is 16.8 Å². The molecule has 4 unspecified atom stereocenters. The number of hydrogen-bond donors (Lipinski definition) is 2. The summed E-state index contributed by atoms with van der Waals surface area (Å²) in [4.78, 5) is 4.18. The van der Waals surface area contributed by atoms with Crippen LogP contribution in [-0.4, -0.2) is 31.8 Å². The molecule has 1 aromatic carbocycles. The van der Waals surface area contributed by atoms with Crippen molar-refractivity contribution in [3.63, 3.8) is 0 Å². The van der Waals surface area contributed by atoms with Crippen molar-refractivity contribution in [3.8, 4) is 0 Å². The highest BCUT2D eigenvalue weighted by Gasteiger charge is 2.42. The SMILES string of the molecule is CN=C(NCC1CC1c1ccccc1)NC1CCCC(C(F)(F)F)C1.I. The Morgan fingerprint density at radius 1 is 1.15 bits per heavy atom. The van der Waals surface area contributed by atoms with E-state index in [4.69, 9.17) is 0 Å². The van der Waals surface area contributed by atoms with Crippen LogP contribution < -0.4 is 10.6 Å². The smallest absolute Gasteiger partial charge is 0.356 e. The van der Waals surface area contributed by atoms with Crippen molar-refractivity contribution >= 4 is 29.9 Å². The molecule has 2 aliphatic carbocycles. The summed E-state index contributed by atoms with van der Waals surface area (Å²) in [6, 6.07) is 10.3. The number of aliphatic imine (C=N–C) groups is 1. The largest absolute Gasteiger partial charge is 0.391 e. The molecular weight excluding hydrogens is 454 g/mol. The molecule has 0 heterocycles. The number of benzene rings is 1. The summed E-state index contributed by atoms with van der Waals surface area (Å²) in [6.07, 6.45) is -1.18. The van der Waals surface area contributed by atoms with Gasteiger partial charge >= 0.3 is 6.18 Å². The van der Waals surface area contributed by atoms with Crippen LogP contribution in [0.1, 0.15) is 43.6 Å². The molecule has 7 heteroatoms. The molecule has 0 spiro atoms. The van der Waals surface area contributed by atoms with Crippen LogP contribution in [-0.2, 0) is 0 Å². The molecule has 2 aliphatic rings. The van der Waals surface area contributed by atoms with E-state index in [9.17, 15) is 13.2 Å². The Labute approximate surface area is 170 Å². The summed E-state index contributed by atoms with van der Waals surface area (Å²) >= 11 is 0. The van der Waals surface area contributed by atoms with Gasteiger partial charge in [0.2, 0.25) is 0 Å². The van der Waals surface area contributed by atoms with Crippen LogP contribution in [0, 0.1) is 11.8 Å². The molecule has 0 bridgehead atoms. The first-order chi connectivity index (χ1) is 12.0. The lowest BCUT2D eigenvalue weighted by Gasteiger charge is -2.31. The van der Waals surface area contributed by atoms with Gasteiger partial charge in [-0.15, -0.1) is 24.0 Å². The second kappa shape index (κ2) is 9.28. The van der Waals surface area contributed by atoms with Gasteiger partial charge in [0, 0.05) is 19.6 Å². The van der Waals surface area contributed by atoms with Crippen LogP contribution in [0.15, 0.2) is 35.3 Å². The average Bonchev–Trinajstić information content (AvgIpc) is 3.38. The van der Waals surface area contributed by atoms with Crippen molar-refractivity contribution in [3.05, 3.63) is 35.9 Å². The zero-order valence-corrected chi connectivity index (χ0v) is 17.3. The molecular formula is C19H27F3IN3. The molecule has 0 aliphatic heterocycles. The number of halogens is 4. The lowest BCUT2D eigenvalue weighted by Crippen LogP contribution is -2.47. The zero-order chi connectivity index (χ0) is 17.9. The first-order valence-electron chi connectivity index (χ1n) is 9.06. The van der Waals surface area contributed by atoms with E-state index in [0.29, 0.717) is 24.2 Å². The molecule has 2 N–H and O–H groups in total. The maximum absolute atomic E-state index is 12.9. The van der Waals surface area contributed by atoms with Crippen LogP contribution in [0.5, 0.6) is 0 Å². The van der Waals surface area contributed by atoms with Gasteiger partial charge in [-0.25, -0.2) is 0 Å². The third kappa shape index (κ3) is 5.76. The minimum absolute atomic E-state index is 0. The lowest BCUT2D eigenvalue weighted by molar-refractivity contribution is -0.183. The van der Waals surface area contributed by atoms with Crippen molar-refractivity contribution in [1.29, 1.82) is 0 Å². The highest BCUT2D eigenvalue weighted by atomic mass is 127. The molecule has 1 aromatic rings. The maximum atomic E-state index is 12.9. The summed E-state index contributed by atoms with van der Waals surface area (Å²) in [6.45, 7) is 0.800. The Kier molecular flexibility index (Phi) is 7.61. The molecule has 2 saturated carbocycles. The van der Waals surface area contributed by atoms with E-state index in [-0.39, 0.29) is 42.9 Å². The van der Waals surface area contributed by atoms with Gasteiger partial charge in [-0.3, -0.25) is 4.99 Å². The number of rotatable bonds is 4. The number of hydrogen-bond acceptors (Lipinski definition) is 1. The minimum Gasteiger partial charge on any atom is -0.356 e. The van der Waals surface area contributed by atoms with Crippen molar-refractivity contribution in [2.45, 2.75) is 50.2 Å². The van der Waals surface area contributed by atoms with Crippen LogP contribution in [0.25, 0.3) is 0 Å². The summed E-state index contributed by atoms with van der Waals surface area (Å²) in [5, 5.41) is 6.47. The number of alkyl halides is 3. The monoisotopic (exact) mass is 481 g/mol. The Hall–Kier alpha value is -0.990. The predicted octanol–water partition coefficient (Wildman–Crippen LogP) is 4.69. The Morgan fingerprint density at radius 3 is 2.54 bits per heavy atom. The van der Waals surface area contributed by atoms with E-state index in [0.717, 1.165) is 19.4 Å². The second-order valence-electron chi connectivity index (χ2n) is 7.21. The van der Waals surface area contributed by atoms with Crippen LogP contribution in [0.4, 0.5) is 13.2 Å². The van der Waals surface area contributed by atoms with E-state index in [2.05, 4.69) is 39.9 Å². The Balaban J connectivity index is 0.00000243. The van der Waals surface area contributed by atoms with Crippen molar-refractivity contribution < 1.29 is 13.2 Å². The fourth-order valence-electron chi connectivity index (χ4n) is 3.82. The van der Waals surface area contributed by atoms with Crippen molar-refractivity contribution in [2.75, 3.05) is 13.6 Å². The molecule has 0 aromatic heterocycles. The van der Waals surface area contributed by atoms with Gasteiger partial charge in [0.05, 0.1) is 5.92 Å². The molecule has 4 atom stereocenters. The topological polar surface area (TPSA) is 36.4 Å². The summed E-state index contributed by atoms with van der Waals surface area (Å²) in [5.41, 5.74) is 1.36. The number of nitrogens with zero attached hydrogens (tertiary/aromatic N) is 1. The fraction of sp³-hybridized carbons (Fsp3) is 0.632. The summed E-state index contributed by atoms with van der Waals surface area (Å²) in [5.74, 6) is 0.570. The molecule has 26 heavy (non-hydrogen) atoms. The molecule has 3 nitrogen and oxygen atoms in total. The summed E-state index contributed by atoms with van der Waals surface area (Å²) < 4.78 is 38.8. The molecule has 2 fully saturated rings. The van der Waals surface area contributed by atoms with Crippen molar-refractivity contribution in [1.82, 2.24) is 10.6 Å². The van der Waals surface area contributed by atoms with E-state index >= 15 is 0 Å². The van der Waals surface area contributed by atoms with Crippen LogP contribution in [0.2, 0.25) is 0 Å². The fourth-order valence-corrected chi connectivity index (χ4v) is 3.82. The second-order valence-corrected chi connectivity index (χ2v) is 7.21. The molecule has 0 saturated heterocycles. The van der Waals surface area contributed by atoms with E-state index in [1.165, 1.54) is 5.56 Å². The first kappa shape index (κ1) is 21.3. The van der Waals surface area contributed by atoms with E-state index < -0.39 is 12.1 Å². The Morgan fingerprint density at radius 2 is 1.88 bits per heavy atom. The maximum Gasteiger partial charge on any atom is 0.391 e. The van der Waals surface area contributed by atoms with Gasteiger partial charge in [0.1, 0.15) is 0 Å². The van der Waals surface area contributed by atoms with Gasteiger partial charge in [0.15, 0.2) is 5.96 Å². The zero-order valence-electron chi connectivity index (χ0n) is 14.9. The Bertz CT molecular complexity index is 591. The van der Waals surface area contributed by atoms with Crippen LogP contribution >= 0.6 is 24.0 Å². The van der Waals surface area contributed by atoms with Gasteiger partial charge in [-0.05, 0) is 43.1 Å². The van der Waals surface area contributed by atoms with Gasteiger partial charge < -0.3 is 10.6 Å². The highest BCUT2D eigenvalue weighted by molar-refractivity contribution is 14.0. The lowest BCUT2D eigenvalue weighted by atomic mass is 9.85.